The van der Waals surface area contributed by atoms with Gasteiger partial charge in [-0.3, -0.25) is 9.59 Å². The van der Waals surface area contributed by atoms with E-state index in [1.165, 1.54) is 0 Å². The summed E-state index contributed by atoms with van der Waals surface area (Å²) in [6.45, 7) is -0.313. The molecule has 0 aromatic heterocycles. The molecule has 11 heteroatoms. The second-order valence-corrected chi connectivity index (χ2v) is 5.25. The minimum Gasteiger partial charge on any atom is -0.484 e. The number of nitrogens with one attached hydrogen (secondary N) is 1. The third-order valence-electron chi connectivity index (χ3n) is 3.18. The molecule has 2 amide bonds. The van der Waals surface area contributed by atoms with E-state index >= 15 is 0 Å². The molecule has 2 N–H and O–H groups in total. The van der Waals surface area contributed by atoms with Gasteiger partial charge in [0, 0.05) is 4.91 Å². The van der Waals surface area contributed by atoms with Crippen LogP contribution in [0.15, 0.2) is 35.4 Å². The zero-order valence-electron chi connectivity index (χ0n) is 12.1. The highest BCUT2D eigenvalue weighted by Gasteiger charge is 2.51. The second-order valence-electron chi connectivity index (χ2n) is 4.72. The number of amides is 2. The first-order chi connectivity index (χ1) is 11.5. The number of rotatable bonds is 7. The number of hydrogen-bond donors (Lipinski definition) is 3. The molecule has 24 heavy (non-hydrogen) atoms. The van der Waals surface area contributed by atoms with E-state index in [-0.39, 0.29) is 6.61 Å². The number of aliphatic carboxylic acids is 1. The third kappa shape index (κ3) is 3.70. The first-order valence-corrected chi connectivity index (χ1v) is 7.22. The van der Waals surface area contributed by atoms with Crippen molar-refractivity contribution in [3.63, 3.8) is 0 Å². The quantitative estimate of drug-likeness (QED) is 0.214. The molecular formula is C13H13N5O5S. The fourth-order valence-corrected chi connectivity index (χ4v) is 2.49. The average Bonchev–Trinajstić information content (AvgIpc) is 2.58. The summed E-state index contributed by atoms with van der Waals surface area (Å²) in [5.41, 5.74) is 8.36. The van der Waals surface area contributed by atoms with E-state index in [4.69, 9.17) is 15.4 Å². The number of nitrogens with zero attached hydrogens (tertiary/aromatic N) is 4. The van der Waals surface area contributed by atoms with Gasteiger partial charge in [0.25, 0.3) is 5.91 Å². The zero-order chi connectivity index (χ0) is 17.7. The molecule has 3 atom stereocenters. The molecule has 2 rings (SSSR count). The van der Waals surface area contributed by atoms with Crippen molar-refractivity contribution in [2.75, 3.05) is 6.61 Å². The monoisotopic (exact) mass is 351 g/mol. The Labute approximate surface area is 141 Å². The van der Waals surface area contributed by atoms with Gasteiger partial charge in [-0.05, 0) is 17.7 Å². The van der Waals surface area contributed by atoms with Crippen LogP contribution in [-0.4, -0.2) is 52.0 Å². The topological polar surface area (TPSA) is 145 Å². The molecule has 0 radical (unpaired) electrons. The van der Waals surface area contributed by atoms with Crippen molar-refractivity contribution in [1.29, 1.82) is 0 Å². The van der Waals surface area contributed by atoms with Crippen molar-refractivity contribution in [2.45, 2.75) is 17.6 Å². The highest BCUT2D eigenvalue weighted by Crippen LogP contribution is 2.27. The predicted octanol–water partition coefficient (Wildman–Crippen LogP) is 0.369. The van der Waals surface area contributed by atoms with Gasteiger partial charge in [0.05, 0.1) is 0 Å². The van der Waals surface area contributed by atoms with Crippen LogP contribution in [0.2, 0.25) is 0 Å². The largest absolute Gasteiger partial charge is 0.484 e. The SMILES string of the molecule is [N-]=[N+]=NC(C(=O)O)N1C(=O)C(NC(=O)COc2ccccc2)C1S. The van der Waals surface area contributed by atoms with Crippen LogP contribution in [0.3, 0.4) is 0 Å². The maximum atomic E-state index is 12.0. The van der Waals surface area contributed by atoms with Crippen molar-refractivity contribution in [3.05, 3.63) is 40.8 Å². The molecule has 10 nitrogen and oxygen atoms in total. The number of carbonyl (C=O) groups excluding carboxylic acids is 2. The first kappa shape index (κ1) is 17.4. The molecule has 126 valence electrons. The van der Waals surface area contributed by atoms with Gasteiger partial charge in [-0.15, -0.1) is 0 Å². The molecule has 0 bridgehead atoms. The Morgan fingerprint density at radius 3 is 2.67 bits per heavy atom. The van der Waals surface area contributed by atoms with Gasteiger partial charge >= 0.3 is 5.97 Å². The number of ether oxygens (including phenoxy) is 1. The maximum absolute atomic E-state index is 12.0. The van der Waals surface area contributed by atoms with Gasteiger partial charge in [-0.25, -0.2) is 4.79 Å². The van der Waals surface area contributed by atoms with E-state index in [0.717, 1.165) is 4.90 Å². The van der Waals surface area contributed by atoms with E-state index in [9.17, 15) is 14.4 Å². The number of para-hydroxylation sites is 1. The molecule has 0 aliphatic carbocycles. The van der Waals surface area contributed by atoms with Crippen LogP contribution in [0.1, 0.15) is 0 Å². The highest BCUT2D eigenvalue weighted by atomic mass is 32.1. The molecule has 1 heterocycles. The molecule has 1 aromatic carbocycles. The maximum Gasteiger partial charge on any atom is 0.332 e. The summed E-state index contributed by atoms with van der Waals surface area (Å²) < 4.78 is 5.24. The Hall–Kier alpha value is -2.91. The minimum atomic E-state index is -1.71. The smallest absolute Gasteiger partial charge is 0.332 e. The molecular weight excluding hydrogens is 338 g/mol. The van der Waals surface area contributed by atoms with Gasteiger partial charge < -0.3 is 20.1 Å². The van der Waals surface area contributed by atoms with Crippen LogP contribution in [0.4, 0.5) is 0 Å². The van der Waals surface area contributed by atoms with Gasteiger partial charge in [0.2, 0.25) is 12.1 Å². The van der Waals surface area contributed by atoms with E-state index in [0.29, 0.717) is 5.75 Å². The summed E-state index contributed by atoms with van der Waals surface area (Å²) in [6, 6.07) is 7.60. The summed E-state index contributed by atoms with van der Waals surface area (Å²) >= 11 is 4.08. The van der Waals surface area contributed by atoms with E-state index in [1.807, 2.05) is 0 Å². The number of likely N-dealkylation sites (tertiary alicyclic amines) is 1. The molecule has 1 aliphatic rings. The fourth-order valence-electron chi connectivity index (χ4n) is 2.05. The number of carbonyl (C=O) groups is 3. The summed E-state index contributed by atoms with van der Waals surface area (Å²) in [5, 5.41) is 13.5. The zero-order valence-corrected chi connectivity index (χ0v) is 13.0. The van der Waals surface area contributed by atoms with E-state index < -0.39 is 35.4 Å². The van der Waals surface area contributed by atoms with E-state index in [2.05, 4.69) is 28.0 Å². The van der Waals surface area contributed by atoms with Gasteiger partial charge in [0.15, 0.2) is 6.61 Å². The lowest BCUT2D eigenvalue weighted by Gasteiger charge is -2.45. The van der Waals surface area contributed by atoms with Crippen LogP contribution < -0.4 is 10.1 Å². The Kier molecular flexibility index (Phi) is 5.51. The standard InChI is InChI=1S/C13H13N5O5S/c14-17-16-10(13(21)22)18-11(20)9(12(18)24)15-8(19)6-23-7-4-2-1-3-5-7/h1-5,9-10,12,24H,6H2,(H,15,19)(H,21,22). The minimum absolute atomic E-state index is 0.313. The fraction of sp³-hybridized carbons (Fsp3) is 0.308. The van der Waals surface area contributed by atoms with E-state index in [1.54, 1.807) is 30.3 Å². The van der Waals surface area contributed by atoms with Crippen molar-refractivity contribution in [2.24, 2.45) is 5.11 Å². The molecule has 1 fully saturated rings. The van der Waals surface area contributed by atoms with Crippen LogP contribution in [0.25, 0.3) is 10.4 Å². The molecule has 1 aromatic rings. The Morgan fingerprint density at radius 2 is 2.12 bits per heavy atom. The average molecular weight is 351 g/mol. The molecule has 1 saturated heterocycles. The Balaban J connectivity index is 1.90. The number of hydrogen-bond acceptors (Lipinski definition) is 6. The van der Waals surface area contributed by atoms with Gasteiger partial charge in [-0.1, -0.05) is 23.3 Å². The van der Waals surface area contributed by atoms with Crippen molar-refractivity contribution < 1.29 is 24.2 Å². The predicted molar refractivity (Wildman–Crippen MR) is 84.1 cm³/mol. The van der Waals surface area contributed by atoms with Crippen LogP contribution >= 0.6 is 12.6 Å². The number of azide groups is 1. The Morgan fingerprint density at radius 1 is 1.46 bits per heavy atom. The van der Waals surface area contributed by atoms with Crippen molar-refractivity contribution in [1.82, 2.24) is 10.2 Å². The van der Waals surface area contributed by atoms with Gasteiger partial charge in [-0.2, -0.15) is 12.6 Å². The number of β-lactam (4-membered cyclic amide) rings is 1. The lowest BCUT2D eigenvalue weighted by atomic mass is 10.1. The van der Waals surface area contributed by atoms with Crippen molar-refractivity contribution >= 4 is 30.4 Å². The summed E-state index contributed by atoms with van der Waals surface area (Å²) in [5.74, 6) is -2.27. The molecule has 0 saturated carbocycles. The third-order valence-corrected chi connectivity index (χ3v) is 3.73. The van der Waals surface area contributed by atoms with Gasteiger partial charge in [0.1, 0.15) is 17.2 Å². The second kappa shape index (κ2) is 7.57. The van der Waals surface area contributed by atoms with Crippen molar-refractivity contribution in [3.8, 4) is 5.75 Å². The summed E-state index contributed by atoms with van der Waals surface area (Å²) in [7, 11) is 0. The van der Waals surface area contributed by atoms with Crippen LogP contribution in [0, 0.1) is 0 Å². The first-order valence-electron chi connectivity index (χ1n) is 6.70. The molecule has 1 aliphatic heterocycles. The summed E-state index contributed by atoms with van der Waals surface area (Å²) in [6.07, 6.45) is -1.71. The highest BCUT2D eigenvalue weighted by molar-refractivity contribution is 7.81. The lowest BCUT2D eigenvalue weighted by Crippen LogP contribution is -2.72. The number of carboxylic acid groups (broad SMARTS) is 1. The number of carboxylic acids is 1. The number of thiol groups is 1. The Bertz CT molecular complexity index is 691. The van der Waals surface area contributed by atoms with Crippen LogP contribution in [0.5, 0.6) is 5.75 Å². The summed E-state index contributed by atoms with van der Waals surface area (Å²) in [4.78, 5) is 37.9. The normalized spacial score (nSPS) is 20.4. The molecule has 0 spiro atoms. The van der Waals surface area contributed by atoms with Crippen LogP contribution in [-0.2, 0) is 14.4 Å². The lowest BCUT2D eigenvalue weighted by molar-refractivity contribution is -0.161. The number of benzene rings is 1. The molecule has 3 unspecified atom stereocenters.